The van der Waals surface area contributed by atoms with Crippen molar-refractivity contribution in [3.05, 3.63) is 63.9 Å². The minimum Gasteiger partial charge on any atom is -0.344 e. The van der Waals surface area contributed by atoms with Crippen LogP contribution >= 0.6 is 23.1 Å². The Bertz CT molecular complexity index is 920. The number of aromatic nitrogens is 3. The van der Waals surface area contributed by atoms with Gasteiger partial charge in [-0.15, -0.1) is 21.5 Å². The first-order valence-electron chi connectivity index (χ1n) is 8.72. The first-order valence-corrected chi connectivity index (χ1v) is 10.6. The summed E-state index contributed by atoms with van der Waals surface area (Å²) in [5.74, 6) is 1.38. The molecule has 1 saturated carbocycles. The van der Waals surface area contributed by atoms with Gasteiger partial charge in [0.05, 0.1) is 11.8 Å². The van der Waals surface area contributed by atoms with E-state index in [2.05, 4.69) is 15.5 Å². The zero-order chi connectivity index (χ0) is 18.8. The summed E-state index contributed by atoms with van der Waals surface area (Å²) >= 11 is 2.94. The maximum Gasteiger partial charge on any atom is 0.231 e. The smallest absolute Gasteiger partial charge is 0.231 e. The van der Waals surface area contributed by atoms with E-state index in [9.17, 15) is 9.18 Å². The summed E-state index contributed by atoms with van der Waals surface area (Å²) in [6.07, 6.45) is 2.33. The van der Waals surface area contributed by atoms with Gasteiger partial charge in [-0.2, -0.15) is 0 Å². The maximum atomic E-state index is 13.3. The van der Waals surface area contributed by atoms with Crippen LogP contribution in [0.5, 0.6) is 0 Å². The molecule has 8 heteroatoms. The van der Waals surface area contributed by atoms with Crippen molar-refractivity contribution in [1.82, 2.24) is 20.1 Å². The Morgan fingerprint density at radius 1 is 1.33 bits per heavy atom. The van der Waals surface area contributed by atoms with Crippen LogP contribution in [0.1, 0.15) is 41.1 Å². The van der Waals surface area contributed by atoms with Crippen molar-refractivity contribution in [3.8, 4) is 0 Å². The van der Waals surface area contributed by atoms with Gasteiger partial charge in [0.25, 0.3) is 0 Å². The van der Waals surface area contributed by atoms with E-state index < -0.39 is 0 Å². The Hall–Kier alpha value is -2.19. The van der Waals surface area contributed by atoms with Gasteiger partial charge in [-0.1, -0.05) is 30.0 Å². The predicted molar refractivity (Wildman–Crippen MR) is 104 cm³/mol. The van der Waals surface area contributed by atoms with Gasteiger partial charge in [0.1, 0.15) is 11.6 Å². The molecule has 27 heavy (non-hydrogen) atoms. The molecule has 1 atom stereocenters. The fourth-order valence-corrected chi connectivity index (χ4v) is 4.44. The molecule has 4 rings (SSSR count). The Morgan fingerprint density at radius 3 is 2.78 bits per heavy atom. The van der Waals surface area contributed by atoms with Crippen molar-refractivity contribution in [2.45, 2.75) is 30.0 Å². The molecule has 3 aromatic rings. The molecule has 1 unspecified atom stereocenters. The fourth-order valence-electron chi connectivity index (χ4n) is 2.91. The quantitative estimate of drug-likeness (QED) is 0.609. The summed E-state index contributed by atoms with van der Waals surface area (Å²) in [4.78, 5) is 13.6. The second-order valence-electron chi connectivity index (χ2n) is 6.53. The SMILES string of the molecule is Cn1c(SCC(=O)NC(c2ccc(F)cc2)c2cccs2)nnc1C1CC1. The number of thiophene rings is 1. The van der Waals surface area contributed by atoms with Crippen molar-refractivity contribution in [2.75, 3.05) is 5.75 Å². The van der Waals surface area contributed by atoms with Crippen LogP contribution in [0.15, 0.2) is 46.9 Å². The lowest BCUT2D eigenvalue weighted by Gasteiger charge is -2.18. The number of carbonyl (C=O) groups excluding carboxylic acids is 1. The van der Waals surface area contributed by atoms with Crippen LogP contribution in [0.2, 0.25) is 0 Å². The molecule has 2 heterocycles. The number of amides is 1. The van der Waals surface area contributed by atoms with Gasteiger partial charge in [-0.3, -0.25) is 4.79 Å². The van der Waals surface area contributed by atoms with Crippen molar-refractivity contribution >= 4 is 29.0 Å². The summed E-state index contributed by atoms with van der Waals surface area (Å²) in [5.41, 5.74) is 0.854. The molecule has 140 valence electrons. The number of hydrogen-bond acceptors (Lipinski definition) is 5. The number of benzene rings is 1. The van der Waals surface area contributed by atoms with Crippen LogP contribution in [0.4, 0.5) is 4.39 Å². The predicted octanol–water partition coefficient (Wildman–Crippen LogP) is 3.89. The van der Waals surface area contributed by atoms with Crippen molar-refractivity contribution < 1.29 is 9.18 Å². The lowest BCUT2D eigenvalue weighted by Crippen LogP contribution is -2.30. The fraction of sp³-hybridized carbons (Fsp3) is 0.316. The first kappa shape index (κ1) is 18.2. The Balaban J connectivity index is 1.43. The van der Waals surface area contributed by atoms with E-state index in [1.165, 1.54) is 23.9 Å². The summed E-state index contributed by atoms with van der Waals surface area (Å²) < 4.78 is 15.2. The van der Waals surface area contributed by atoms with Gasteiger partial charge in [0.15, 0.2) is 5.16 Å². The molecule has 0 aliphatic heterocycles. The van der Waals surface area contributed by atoms with Crippen LogP contribution < -0.4 is 5.32 Å². The average Bonchev–Trinajstić information content (AvgIpc) is 3.22. The van der Waals surface area contributed by atoms with Gasteiger partial charge in [-0.25, -0.2) is 4.39 Å². The van der Waals surface area contributed by atoms with E-state index in [4.69, 9.17) is 0 Å². The highest BCUT2D eigenvalue weighted by atomic mass is 32.2. The van der Waals surface area contributed by atoms with E-state index >= 15 is 0 Å². The molecule has 1 aliphatic carbocycles. The zero-order valence-electron chi connectivity index (χ0n) is 14.8. The van der Waals surface area contributed by atoms with Crippen molar-refractivity contribution in [3.63, 3.8) is 0 Å². The van der Waals surface area contributed by atoms with E-state index in [0.29, 0.717) is 5.92 Å². The number of nitrogens with zero attached hydrogens (tertiary/aromatic N) is 3. The van der Waals surface area contributed by atoms with Gasteiger partial charge in [-0.05, 0) is 42.0 Å². The molecule has 0 saturated heterocycles. The second kappa shape index (κ2) is 7.82. The number of hydrogen-bond donors (Lipinski definition) is 1. The van der Waals surface area contributed by atoms with Gasteiger partial charge < -0.3 is 9.88 Å². The van der Waals surface area contributed by atoms with E-state index in [0.717, 1.165) is 34.3 Å². The summed E-state index contributed by atoms with van der Waals surface area (Å²) in [6, 6.07) is 9.86. The number of rotatable bonds is 7. The monoisotopic (exact) mass is 402 g/mol. The highest BCUT2D eigenvalue weighted by Crippen LogP contribution is 2.39. The van der Waals surface area contributed by atoms with E-state index in [-0.39, 0.29) is 23.5 Å². The molecule has 1 aliphatic rings. The van der Waals surface area contributed by atoms with Crippen molar-refractivity contribution in [1.29, 1.82) is 0 Å². The maximum absolute atomic E-state index is 13.3. The lowest BCUT2D eigenvalue weighted by atomic mass is 10.1. The molecular formula is C19H19FN4OS2. The molecule has 0 bridgehead atoms. The van der Waals surface area contributed by atoms with E-state index in [1.807, 2.05) is 29.1 Å². The van der Waals surface area contributed by atoms with Crippen LogP contribution in [0, 0.1) is 5.82 Å². The Morgan fingerprint density at radius 2 is 2.11 bits per heavy atom. The number of halogens is 1. The molecule has 1 N–H and O–H groups in total. The molecular weight excluding hydrogens is 383 g/mol. The molecule has 1 amide bonds. The van der Waals surface area contributed by atoms with Gasteiger partial charge in [0, 0.05) is 17.8 Å². The normalized spacial score (nSPS) is 14.9. The Labute approximate surface area is 165 Å². The molecule has 0 radical (unpaired) electrons. The standard InChI is InChI=1S/C19H19FN4OS2/c1-24-18(13-4-5-13)22-23-19(24)27-11-16(25)21-17(15-3-2-10-26-15)12-6-8-14(20)9-7-12/h2-3,6-10,13,17H,4-5,11H2,1H3,(H,21,25). The highest BCUT2D eigenvalue weighted by molar-refractivity contribution is 7.99. The summed E-state index contributed by atoms with van der Waals surface area (Å²) in [7, 11) is 1.95. The number of nitrogens with one attached hydrogen (secondary N) is 1. The third-order valence-corrected chi connectivity index (χ3v) is 6.44. The van der Waals surface area contributed by atoms with Crippen LogP contribution in [-0.2, 0) is 11.8 Å². The Kier molecular flexibility index (Phi) is 5.27. The van der Waals surface area contributed by atoms with E-state index in [1.54, 1.807) is 23.5 Å². The number of carbonyl (C=O) groups is 1. The van der Waals surface area contributed by atoms with Crippen LogP contribution in [0.3, 0.4) is 0 Å². The third kappa shape index (κ3) is 4.22. The van der Waals surface area contributed by atoms with Gasteiger partial charge in [0.2, 0.25) is 5.91 Å². The lowest BCUT2D eigenvalue weighted by molar-refractivity contribution is -0.119. The molecule has 1 aromatic carbocycles. The van der Waals surface area contributed by atoms with Crippen LogP contribution in [0.25, 0.3) is 0 Å². The second-order valence-corrected chi connectivity index (χ2v) is 8.45. The topological polar surface area (TPSA) is 59.8 Å². The molecule has 2 aromatic heterocycles. The zero-order valence-corrected chi connectivity index (χ0v) is 16.4. The van der Waals surface area contributed by atoms with Crippen LogP contribution in [-0.4, -0.2) is 26.4 Å². The largest absolute Gasteiger partial charge is 0.344 e. The average molecular weight is 403 g/mol. The minimum atomic E-state index is -0.292. The number of thioether (sulfide) groups is 1. The minimum absolute atomic E-state index is 0.0984. The first-order chi connectivity index (χ1) is 13.1. The molecule has 1 fully saturated rings. The summed E-state index contributed by atoms with van der Waals surface area (Å²) in [5, 5.41) is 14.2. The van der Waals surface area contributed by atoms with Crippen molar-refractivity contribution in [2.24, 2.45) is 7.05 Å². The third-order valence-electron chi connectivity index (χ3n) is 4.48. The molecule has 5 nitrogen and oxygen atoms in total. The molecule has 0 spiro atoms. The highest BCUT2D eigenvalue weighted by Gasteiger charge is 2.29. The summed E-state index contributed by atoms with van der Waals surface area (Å²) in [6.45, 7) is 0. The van der Waals surface area contributed by atoms with Gasteiger partial charge >= 0.3 is 0 Å².